The Kier molecular flexibility index (Phi) is 2.33. The molecule has 0 bridgehead atoms. The first-order valence-corrected chi connectivity index (χ1v) is 4.62. The van der Waals surface area contributed by atoms with Gasteiger partial charge in [0.25, 0.3) is 0 Å². The standard InChI is InChI=1S/C11H12N2O/c12-6-4-11(14)9-2-1-3-10-8(9)5-7-13-10/h1-3,5,7,13H,4,6,12H2. The molecule has 0 saturated carbocycles. The maximum Gasteiger partial charge on any atom is 0.164 e. The van der Waals surface area contributed by atoms with Crippen LogP contribution in [0.2, 0.25) is 0 Å². The van der Waals surface area contributed by atoms with Gasteiger partial charge in [0.05, 0.1) is 0 Å². The summed E-state index contributed by atoms with van der Waals surface area (Å²) in [4.78, 5) is 14.7. The molecule has 14 heavy (non-hydrogen) atoms. The van der Waals surface area contributed by atoms with Crippen molar-refractivity contribution in [2.45, 2.75) is 6.42 Å². The van der Waals surface area contributed by atoms with Gasteiger partial charge < -0.3 is 10.7 Å². The molecule has 0 unspecified atom stereocenters. The van der Waals surface area contributed by atoms with Crippen LogP contribution in [0.5, 0.6) is 0 Å². The second kappa shape index (κ2) is 3.64. The van der Waals surface area contributed by atoms with Gasteiger partial charge in [-0.2, -0.15) is 0 Å². The van der Waals surface area contributed by atoms with Crippen molar-refractivity contribution in [2.75, 3.05) is 6.54 Å². The fourth-order valence-electron chi connectivity index (χ4n) is 1.59. The molecule has 0 aliphatic carbocycles. The van der Waals surface area contributed by atoms with Crippen molar-refractivity contribution in [3.8, 4) is 0 Å². The Morgan fingerprint density at radius 1 is 1.36 bits per heavy atom. The van der Waals surface area contributed by atoms with Crippen LogP contribution in [-0.2, 0) is 0 Å². The monoisotopic (exact) mass is 188 g/mol. The fourth-order valence-corrected chi connectivity index (χ4v) is 1.59. The molecule has 3 heteroatoms. The normalized spacial score (nSPS) is 10.6. The molecule has 0 saturated heterocycles. The average molecular weight is 188 g/mol. The summed E-state index contributed by atoms with van der Waals surface area (Å²) in [6, 6.07) is 7.59. The summed E-state index contributed by atoms with van der Waals surface area (Å²) in [6.45, 7) is 0.402. The first-order valence-electron chi connectivity index (χ1n) is 4.62. The molecule has 72 valence electrons. The lowest BCUT2D eigenvalue weighted by atomic mass is 10.0. The molecule has 1 aromatic heterocycles. The number of benzene rings is 1. The highest BCUT2D eigenvalue weighted by atomic mass is 16.1. The molecule has 0 radical (unpaired) electrons. The predicted octanol–water partition coefficient (Wildman–Crippen LogP) is 1.70. The summed E-state index contributed by atoms with van der Waals surface area (Å²) in [5.41, 5.74) is 7.11. The smallest absolute Gasteiger partial charge is 0.164 e. The first-order chi connectivity index (χ1) is 6.83. The van der Waals surface area contributed by atoms with Crippen LogP contribution in [0.4, 0.5) is 0 Å². The highest BCUT2D eigenvalue weighted by Crippen LogP contribution is 2.18. The predicted molar refractivity (Wildman–Crippen MR) is 56.3 cm³/mol. The quantitative estimate of drug-likeness (QED) is 0.720. The number of carbonyl (C=O) groups is 1. The van der Waals surface area contributed by atoms with Gasteiger partial charge in [0.1, 0.15) is 0 Å². The van der Waals surface area contributed by atoms with Gasteiger partial charge in [0.2, 0.25) is 0 Å². The van der Waals surface area contributed by atoms with Gasteiger partial charge in [-0.05, 0) is 18.7 Å². The van der Waals surface area contributed by atoms with Gasteiger partial charge in [0, 0.05) is 29.1 Å². The SMILES string of the molecule is NCCC(=O)c1cccc2[nH]ccc12. The topological polar surface area (TPSA) is 58.9 Å². The van der Waals surface area contributed by atoms with E-state index in [9.17, 15) is 4.79 Å². The number of hydrogen-bond donors (Lipinski definition) is 2. The Morgan fingerprint density at radius 2 is 2.21 bits per heavy atom. The van der Waals surface area contributed by atoms with Crippen molar-refractivity contribution in [3.63, 3.8) is 0 Å². The summed E-state index contributed by atoms with van der Waals surface area (Å²) in [6.07, 6.45) is 2.24. The molecule has 0 aliphatic rings. The minimum atomic E-state index is 0.109. The van der Waals surface area contributed by atoms with Crippen LogP contribution in [-0.4, -0.2) is 17.3 Å². The molecule has 1 heterocycles. The zero-order valence-corrected chi connectivity index (χ0v) is 7.79. The van der Waals surface area contributed by atoms with E-state index in [1.54, 1.807) is 0 Å². The summed E-state index contributed by atoms with van der Waals surface area (Å²) in [5.74, 6) is 0.109. The van der Waals surface area contributed by atoms with Crippen molar-refractivity contribution >= 4 is 16.7 Å². The lowest BCUT2D eigenvalue weighted by Gasteiger charge is -2.00. The van der Waals surface area contributed by atoms with E-state index >= 15 is 0 Å². The number of aromatic nitrogens is 1. The third kappa shape index (κ3) is 1.42. The molecule has 0 aliphatic heterocycles. The molecule has 0 amide bonds. The Hall–Kier alpha value is -1.61. The van der Waals surface area contributed by atoms with E-state index in [4.69, 9.17) is 5.73 Å². The molecule has 3 nitrogen and oxygen atoms in total. The molecule has 2 aromatic rings. The molecular weight excluding hydrogens is 176 g/mol. The number of nitrogens with one attached hydrogen (secondary N) is 1. The van der Waals surface area contributed by atoms with Crippen LogP contribution in [0.3, 0.4) is 0 Å². The van der Waals surface area contributed by atoms with Crippen LogP contribution in [0, 0.1) is 0 Å². The molecule has 0 fully saturated rings. The lowest BCUT2D eigenvalue weighted by Crippen LogP contribution is -2.08. The van der Waals surface area contributed by atoms with Gasteiger partial charge in [-0.1, -0.05) is 12.1 Å². The third-order valence-corrected chi connectivity index (χ3v) is 2.27. The number of hydrogen-bond acceptors (Lipinski definition) is 2. The Morgan fingerprint density at radius 3 is 3.00 bits per heavy atom. The Labute approximate surface area is 81.9 Å². The Balaban J connectivity index is 2.50. The highest BCUT2D eigenvalue weighted by Gasteiger charge is 2.08. The molecule has 2 rings (SSSR count). The van der Waals surface area contributed by atoms with Crippen LogP contribution in [0.15, 0.2) is 30.5 Å². The molecule has 0 spiro atoms. The van der Waals surface area contributed by atoms with E-state index in [0.29, 0.717) is 13.0 Å². The molecule has 1 aromatic carbocycles. The molecule has 0 atom stereocenters. The molecular formula is C11H12N2O. The second-order valence-electron chi connectivity index (χ2n) is 3.21. The van der Waals surface area contributed by atoms with Crippen LogP contribution >= 0.6 is 0 Å². The second-order valence-corrected chi connectivity index (χ2v) is 3.21. The van der Waals surface area contributed by atoms with E-state index in [-0.39, 0.29) is 5.78 Å². The van der Waals surface area contributed by atoms with Crippen molar-refractivity contribution in [1.29, 1.82) is 0 Å². The molecule has 3 N–H and O–H groups in total. The average Bonchev–Trinajstić information content (AvgIpc) is 2.65. The number of rotatable bonds is 3. The number of aromatic amines is 1. The van der Waals surface area contributed by atoms with E-state index in [1.807, 2.05) is 30.5 Å². The van der Waals surface area contributed by atoms with Crippen molar-refractivity contribution in [3.05, 3.63) is 36.0 Å². The highest BCUT2D eigenvalue weighted by molar-refractivity contribution is 6.07. The van der Waals surface area contributed by atoms with Gasteiger partial charge in [-0.3, -0.25) is 4.79 Å². The van der Waals surface area contributed by atoms with Gasteiger partial charge in [-0.15, -0.1) is 0 Å². The van der Waals surface area contributed by atoms with E-state index in [0.717, 1.165) is 16.5 Å². The van der Waals surface area contributed by atoms with Gasteiger partial charge in [0.15, 0.2) is 5.78 Å². The van der Waals surface area contributed by atoms with Gasteiger partial charge >= 0.3 is 0 Å². The maximum atomic E-state index is 11.7. The Bertz CT molecular complexity index is 459. The summed E-state index contributed by atoms with van der Waals surface area (Å²) >= 11 is 0. The number of Topliss-reactive ketones (excluding diaryl/α,β-unsaturated/α-hetero) is 1. The van der Waals surface area contributed by atoms with Crippen molar-refractivity contribution in [1.82, 2.24) is 4.98 Å². The zero-order chi connectivity index (χ0) is 9.97. The summed E-state index contributed by atoms with van der Waals surface area (Å²) in [7, 11) is 0. The summed E-state index contributed by atoms with van der Waals surface area (Å²) in [5, 5.41) is 0.978. The maximum absolute atomic E-state index is 11.7. The van der Waals surface area contributed by atoms with Crippen LogP contribution in [0.1, 0.15) is 16.8 Å². The van der Waals surface area contributed by atoms with Crippen LogP contribution in [0.25, 0.3) is 10.9 Å². The number of carbonyl (C=O) groups excluding carboxylic acids is 1. The van der Waals surface area contributed by atoms with Crippen molar-refractivity contribution < 1.29 is 4.79 Å². The summed E-state index contributed by atoms with van der Waals surface area (Å²) < 4.78 is 0. The van der Waals surface area contributed by atoms with Crippen molar-refractivity contribution in [2.24, 2.45) is 5.73 Å². The number of fused-ring (bicyclic) bond motifs is 1. The number of nitrogens with two attached hydrogens (primary N) is 1. The van der Waals surface area contributed by atoms with E-state index in [2.05, 4.69) is 4.98 Å². The first kappa shape index (κ1) is 8.97. The fraction of sp³-hybridized carbons (Fsp3) is 0.182. The van der Waals surface area contributed by atoms with E-state index in [1.165, 1.54) is 0 Å². The van der Waals surface area contributed by atoms with Crippen LogP contribution < -0.4 is 5.73 Å². The minimum absolute atomic E-state index is 0.109. The number of ketones is 1. The number of H-pyrrole nitrogens is 1. The minimum Gasteiger partial charge on any atom is -0.361 e. The third-order valence-electron chi connectivity index (χ3n) is 2.27. The van der Waals surface area contributed by atoms with Gasteiger partial charge in [-0.25, -0.2) is 0 Å². The zero-order valence-electron chi connectivity index (χ0n) is 7.79. The van der Waals surface area contributed by atoms with E-state index < -0.39 is 0 Å². The lowest BCUT2D eigenvalue weighted by molar-refractivity contribution is 0.0987. The largest absolute Gasteiger partial charge is 0.361 e.